The lowest BCUT2D eigenvalue weighted by atomic mass is 10.0. The van der Waals surface area contributed by atoms with Crippen LogP contribution >= 0.6 is 0 Å². The largest absolute Gasteiger partial charge is 0.381 e. The minimum absolute atomic E-state index is 0.118. The average molecular weight is 333 g/mol. The molecule has 7 heteroatoms. The number of benzene rings is 1. The number of aromatic nitrogens is 2. The number of carbonyl (C=O) groups is 1. The molecule has 3 rings (SSSR count). The van der Waals surface area contributed by atoms with E-state index in [1.807, 2.05) is 0 Å². The van der Waals surface area contributed by atoms with Gasteiger partial charge in [0.15, 0.2) is 0 Å². The van der Waals surface area contributed by atoms with E-state index in [2.05, 4.69) is 10.3 Å². The highest BCUT2D eigenvalue weighted by Crippen LogP contribution is 2.13. The van der Waals surface area contributed by atoms with Crippen LogP contribution in [0.2, 0.25) is 0 Å². The van der Waals surface area contributed by atoms with Crippen molar-refractivity contribution >= 4 is 16.8 Å². The first-order valence-electron chi connectivity index (χ1n) is 8.06. The van der Waals surface area contributed by atoms with E-state index in [-0.39, 0.29) is 17.8 Å². The van der Waals surface area contributed by atoms with Crippen molar-refractivity contribution in [3.63, 3.8) is 0 Å². The minimum Gasteiger partial charge on any atom is -0.381 e. The Balaban J connectivity index is 1.74. The van der Waals surface area contributed by atoms with Crippen molar-refractivity contribution in [3.8, 4) is 0 Å². The third-order valence-electron chi connectivity index (χ3n) is 4.34. The molecule has 128 valence electrons. The summed E-state index contributed by atoms with van der Waals surface area (Å²) in [5, 5.41) is 3.04. The van der Waals surface area contributed by atoms with Crippen molar-refractivity contribution < 1.29 is 13.9 Å². The van der Waals surface area contributed by atoms with E-state index < -0.39 is 11.4 Å². The van der Waals surface area contributed by atoms with Gasteiger partial charge in [-0.25, -0.2) is 9.37 Å². The number of halogens is 1. The first kappa shape index (κ1) is 16.6. The van der Waals surface area contributed by atoms with Crippen molar-refractivity contribution in [2.45, 2.75) is 26.3 Å². The van der Waals surface area contributed by atoms with E-state index in [0.717, 1.165) is 32.1 Å². The maximum Gasteiger partial charge on any atom is 0.261 e. The van der Waals surface area contributed by atoms with Gasteiger partial charge >= 0.3 is 0 Å². The standard InChI is InChI=1S/C17H20FN3O3/c1-11-20-15-3-2-13(18)8-14(15)17(23)21(11)10-16(22)19-9-12-4-6-24-7-5-12/h2-3,8,12H,4-7,9-10H2,1H3,(H,19,22). The van der Waals surface area contributed by atoms with E-state index in [4.69, 9.17) is 4.74 Å². The SMILES string of the molecule is Cc1nc2ccc(F)cc2c(=O)n1CC(=O)NCC1CCOCC1. The molecular weight excluding hydrogens is 313 g/mol. The van der Waals surface area contributed by atoms with Crippen LogP contribution in [0.25, 0.3) is 10.9 Å². The Morgan fingerprint density at radius 3 is 2.92 bits per heavy atom. The molecule has 1 aliphatic heterocycles. The summed E-state index contributed by atoms with van der Waals surface area (Å²) in [5.74, 6) is 0.0923. The summed E-state index contributed by atoms with van der Waals surface area (Å²) in [4.78, 5) is 28.9. The van der Waals surface area contributed by atoms with Crippen LogP contribution < -0.4 is 10.9 Å². The molecule has 2 heterocycles. The van der Waals surface area contributed by atoms with Gasteiger partial charge in [-0.15, -0.1) is 0 Å². The fourth-order valence-electron chi connectivity index (χ4n) is 2.90. The van der Waals surface area contributed by atoms with E-state index in [1.165, 1.54) is 16.7 Å². The molecule has 0 spiro atoms. The minimum atomic E-state index is -0.499. The van der Waals surface area contributed by atoms with E-state index >= 15 is 0 Å². The summed E-state index contributed by atoms with van der Waals surface area (Å²) in [6.45, 7) is 3.56. The van der Waals surface area contributed by atoms with Gasteiger partial charge in [-0.2, -0.15) is 0 Å². The highest BCUT2D eigenvalue weighted by atomic mass is 19.1. The molecule has 24 heavy (non-hydrogen) atoms. The fourth-order valence-corrected chi connectivity index (χ4v) is 2.90. The number of fused-ring (bicyclic) bond motifs is 1. The van der Waals surface area contributed by atoms with Crippen LogP contribution in [0, 0.1) is 18.7 Å². The Hall–Kier alpha value is -2.28. The van der Waals surface area contributed by atoms with Gasteiger partial charge in [0.05, 0.1) is 10.9 Å². The molecule has 2 aromatic rings. The monoisotopic (exact) mass is 333 g/mol. The highest BCUT2D eigenvalue weighted by Gasteiger charge is 2.16. The van der Waals surface area contributed by atoms with Gasteiger partial charge in [0.25, 0.3) is 5.56 Å². The van der Waals surface area contributed by atoms with E-state index in [1.54, 1.807) is 6.92 Å². The summed E-state index contributed by atoms with van der Waals surface area (Å²) in [7, 11) is 0. The van der Waals surface area contributed by atoms with E-state index in [9.17, 15) is 14.0 Å². The second kappa shape index (κ2) is 7.09. The third-order valence-corrected chi connectivity index (χ3v) is 4.34. The topological polar surface area (TPSA) is 73.2 Å². The molecule has 6 nitrogen and oxygen atoms in total. The molecule has 0 aliphatic carbocycles. The van der Waals surface area contributed by atoms with Gasteiger partial charge in [0, 0.05) is 19.8 Å². The summed E-state index contributed by atoms with van der Waals surface area (Å²) in [6, 6.07) is 3.88. The zero-order chi connectivity index (χ0) is 17.1. The van der Waals surface area contributed by atoms with Crippen LogP contribution in [-0.2, 0) is 16.1 Å². The Kier molecular flexibility index (Phi) is 4.89. The molecule has 0 bridgehead atoms. The molecule has 0 atom stereocenters. The number of carbonyl (C=O) groups excluding carboxylic acids is 1. The van der Waals surface area contributed by atoms with Crippen molar-refractivity contribution in [1.82, 2.24) is 14.9 Å². The van der Waals surface area contributed by atoms with Crippen LogP contribution in [0.1, 0.15) is 18.7 Å². The Morgan fingerprint density at radius 2 is 2.17 bits per heavy atom. The molecule has 1 fully saturated rings. The molecular formula is C17H20FN3O3. The van der Waals surface area contributed by atoms with Crippen molar-refractivity contribution in [3.05, 3.63) is 40.2 Å². The molecule has 1 N–H and O–H groups in total. The zero-order valence-corrected chi connectivity index (χ0v) is 13.5. The van der Waals surface area contributed by atoms with E-state index in [0.29, 0.717) is 23.8 Å². The van der Waals surface area contributed by atoms with Crippen LogP contribution in [0.3, 0.4) is 0 Å². The molecule has 0 unspecified atom stereocenters. The Labute approximate surface area is 138 Å². The van der Waals surface area contributed by atoms with Crippen molar-refractivity contribution in [2.75, 3.05) is 19.8 Å². The summed E-state index contributed by atoms with van der Waals surface area (Å²) in [6.07, 6.45) is 1.85. The van der Waals surface area contributed by atoms with Gasteiger partial charge in [-0.05, 0) is 43.9 Å². The second-order valence-corrected chi connectivity index (χ2v) is 6.07. The predicted molar refractivity (Wildman–Crippen MR) is 87.3 cm³/mol. The Bertz CT molecular complexity index is 813. The second-order valence-electron chi connectivity index (χ2n) is 6.07. The van der Waals surface area contributed by atoms with Gasteiger partial charge in [0.1, 0.15) is 18.2 Å². The first-order valence-corrected chi connectivity index (χ1v) is 8.06. The number of aryl methyl sites for hydroxylation is 1. The molecule has 1 aromatic carbocycles. The number of hydrogen-bond acceptors (Lipinski definition) is 4. The predicted octanol–water partition coefficient (Wildman–Crippen LogP) is 1.39. The van der Waals surface area contributed by atoms with Crippen molar-refractivity contribution in [1.29, 1.82) is 0 Å². The fraction of sp³-hybridized carbons (Fsp3) is 0.471. The summed E-state index contributed by atoms with van der Waals surface area (Å²) < 4.78 is 19.9. The maximum atomic E-state index is 13.4. The molecule has 1 aromatic heterocycles. The molecule has 1 saturated heterocycles. The van der Waals surface area contributed by atoms with Gasteiger partial charge < -0.3 is 10.1 Å². The number of nitrogens with zero attached hydrogens (tertiary/aromatic N) is 2. The molecule has 1 amide bonds. The number of amides is 1. The number of ether oxygens (including phenoxy) is 1. The van der Waals surface area contributed by atoms with Crippen LogP contribution in [0.15, 0.2) is 23.0 Å². The molecule has 1 aliphatic rings. The highest BCUT2D eigenvalue weighted by molar-refractivity contribution is 5.79. The van der Waals surface area contributed by atoms with Gasteiger partial charge in [0.2, 0.25) is 5.91 Å². The first-order chi connectivity index (χ1) is 11.5. The normalized spacial score (nSPS) is 15.6. The molecule has 0 radical (unpaired) electrons. The number of hydrogen-bond donors (Lipinski definition) is 1. The van der Waals surface area contributed by atoms with Gasteiger partial charge in [-0.3, -0.25) is 14.2 Å². The van der Waals surface area contributed by atoms with Gasteiger partial charge in [-0.1, -0.05) is 0 Å². The van der Waals surface area contributed by atoms with Crippen LogP contribution in [-0.4, -0.2) is 35.2 Å². The zero-order valence-electron chi connectivity index (χ0n) is 13.5. The summed E-state index contributed by atoms with van der Waals surface area (Å²) >= 11 is 0. The number of rotatable bonds is 4. The maximum absolute atomic E-state index is 13.4. The summed E-state index contributed by atoms with van der Waals surface area (Å²) in [5.41, 5.74) is 0.0241. The smallest absolute Gasteiger partial charge is 0.261 e. The quantitative estimate of drug-likeness (QED) is 0.918. The number of nitrogens with one attached hydrogen (secondary N) is 1. The lowest BCUT2D eigenvalue weighted by Crippen LogP contribution is -2.37. The Morgan fingerprint density at radius 1 is 1.42 bits per heavy atom. The average Bonchev–Trinajstić information content (AvgIpc) is 2.58. The third kappa shape index (κ3) is 3.62. The van der Waals surface area contributed by atoms with Crippen LogP contribution in [0.5, 0.6) is 0 Å². The van der Waals surface area contributed by atoms with Crippen LogP contribution in [0.4, 0.5) is 4.39 Å². The molecule has 0 saturated carbocycles. The lowest BCUT2D eigenvalue weighted by Gasteiger charge is -2.22. The lowest BCUT2D eigenvalue weighted by molar-refractivity contribution is -0.122. The van der Waals surface area contributed by atoms with Crippen molar-refractivity contribution in [2.24, 2.45) is 5.92 Å².